The molecule has 4 heteroatoms. The van der Waals surface area contributed by atoms with Gasteiger partial charge in [-0.1, -0.05) is 45.7 Å². The SMILES string of the molecule is Bc1ccc2c(c1)c(=O)c1cc3c(=O)c4cc(Br)ccc4c3cc12. The molecule has 0 amide bonds. The fourth-order valence-electron chi connectivity index (χ4n) is 3.73. The molecular weight excluding hydrogens is 363 g/mol. The lowest BCUT2D eigenvalue weighted by Gasteiger charge is -1.96. The van der Waals surface area contributed by atoms with Crippen LogP contribution >= 0.6 is 15.9 Å². The highest BCUT2D eigenvalue weighted by atomic mass is 79.9. The zero-order valence-corrected chi connectivity index (χ0v) is 14.4. The Labute approximate surface area is 145 Å². The zero-order chi connectivity index (χ0) is 16.6. The summed E-state index contributed by atoms with van der Waals surface area (Å²) in [7, 11) is 1.98. The first-order chi connectivity index (χ1) is 11.5. The third-order valence-corrected chi connectivity index (χ3v) is 5.37. The molecule has 24 heavy (non-hydrogen) atoms. The summed E-state index contributed by atoms with van der Waals surface area (Å²) in [6, 6.07) is 15.5. The number of hydrogen-bond donors (Lipinski definition) is 0. The summed E-state index contributed by atoms with van der Waals surface area (Å²) < 4.78 is 0.881. The molecule has 0 aromatic heterocycles. The van der Waals surface area contributed by atoms with Gasteiger partial charge in [0, 0.05) is 26.0 Å². The average molecular weight is 373 g/mol. The Morgan fingerprint density at radius 2 is 1.08 bits per heavy atom. The number of rotatable bonds is 0. The molecule has 0 bridgehead atoms. The lowest BCUT2D eigenvalue weighted by Crippen LogP contribution is -2.03. The van der Waals surface area contributed by atoms with Crippen molar-refractivity contribution in [3.63, 3.8) is 0 Å². The van der Waals surface area contributed by atoms with Gasteiger partial charge in [0.25, 0.3) is 0 Å². The van der Waals surface area contributed by atoms with Crippen LogP contribution in [0, 0.1) is 0 Å². The third-order valence-electron chi connectivity index (χ3n) is 4.87. The molecule has 0 N–H and O–H groups in total. The Hall–Kier alpha value is -2.46. The van der Waals surface area contributed by atoms with Crippen LogP contribution in [0.4, 0.5) is 0 Å². The van der Waals surface area contributed by atoms with Crippen LogP contribution in [0.15, 0.2) is 62.6 Å². The number of halogens is 1. The maximum atomic E-state index is 12.8. The van der Waals surface area contributed by atoms with E-state index in [9.17, 15) is 9.59 Å². The van der Waals surface area contributed by atoms with Crippen LogP contribution in [0.25, 0.3) is 43.1 Å². The van der Waals surface area contributed by atoms with Crippen LogP contribution in [0.1, 0.15) is 0 Å². The third kappa shape index (κ3) is 1.66. The first kappa shape index (κ1) is 13.9. The fourth-order valence-corrected chi connectivity index (χ4v) is 4.09. The topological polar surface area (TPSA) is 34.1 Å². The summed E-state index contributed by atoms with van der Waals surface area (Å²) in [5.74, 6) is 0. The maximum absolute atomic E-state index is 12.8. The molecule has 0 spiro atoms. The van der Waals surface area contributed by atoms with E-state index in [1.54, 1.807) is 6.07 Å². The Morgan fingerprint density at radius 3 is 1.75 bits per heavy atom. The molecular formula is C20H10BBrO2. The van der Waals surface area contributed by atoms with E-state index in [-0.39, 0.29) is 10.9 Å². The van der Waals surface area contributed by atoms with Crippen molar-refractivity contribution in [1.29, 1.82) is 0 Å². The predicted octanol–water partition coefficient (Wildman–Crippen LogP) is 2.92. The maximum Gasteiger partial charge on any atom is 0.194 e. The molecule has 5 rings (SSSR count). The van der Waals surface area contributed by atoms with E-state index in [1.807, 2.05) is 50.3 Å². The molecule has 0 radical (unpaired) electrons. The molecule has 0 aliphatic rings. The Balaban J connectivity index is 2.09. The van der Waals surface area contributed by atoms with Crippen LogP contribution in [-0.4, -0.2) is 7.85 Å². The minimum absolute atomic E-state index is 0.0102. The van der Waals surface area contributed by atoms with Gasteiger partial charge in [-0.05, 0) is 45.8 Å². The van der Waals surface area contributed by atoms with Crippen molar-refractivity contribution in [3.8, 4) is 0 Å². The smallest absolute Gasteiger partial charge is 0.194 e. The molecule has 0 saturated carbocycles. The van der Waals surface area contributed by atoms with E-state index in [1.165, 1.54) is 0 Å². The van der Waals surface area contributed by atoms with E-state index < -0.39 is 0 Å². The first-order valence-corrected chi connectivity index (χ1v) is 8.52. The first-order valence-electron chi connectivity index (χ1n) is 7.73. The van der Waals surface area contributed by atoms with Crippen molar-refractivity contribution in [2.75, 3.05) is 0 Å². The largest absolute Gasteiger partial charge is 0.289 e. The van der Waals surface area contributed by atoms with Crippen LogP contribution in [0.2, 0.25) is 0 Å². The van der Waals surface area contributed by atoms with E-state index in [0.717, 1.165) is 36.9 Å². The van der Waals surface area contributed by atoms with Gasteiger partial charge in [0.15, 0.2) is 10.9 Å². The van der Waals surface area contributed by atoms with Crippen molar-refractivity contribution in [2.24, 2.45) is 0 Å². The van der Waals surface area contributed by atoms with E-state index >= 15 is 0 Å². The highest BCUT2D eigenvalue weighted by molar-refractivity contribution is 9.10. The van der Waals surface area contributed by atoms with Gasteiger partial charge in [0.2, 0.25) is 0 Å². The summed E-state index contributed by atoms with van der Waals surface area (Å²) in [6.07, 6.45) is 0. The second kappa shape index (κ2) is 4.55. The number of fused-ring (bicyclic) bond motifs is 6. The Morgan fingerprint density at radius 1 is 0.583 bits per heavy atom. The van der Waals surface area contributed by atoms with Crippen molar-refractivity contribution in [1.82, 2.24) is 0 Å². The summed E-state index contributed by atoms with van der Waals surface area (Å²) >= 11 is 3.42. The summed E-state index contributed by atoms with van der Waals surface area (Å²) in [6.45, 7) is 0. The number of hydrogen-bond acceptors (Lipinski definition) is 2. The lowest BCUT2D eigenvalue weighted by molar-refractivity contribution is 1.74. The van der Waals surface area contributed by atoms with Crippen LogP contribution in [0.5, 0.6) is 0 Å². The second-order valence-corrected chi connectivity index (χ2v) is 7.26. The molecule has 0 aliphatic heterocycles. The molecule has 0 fully saturated rings. The van der Waals surface area contributed by atoms with Gasteiger partial charge >= 0.3 is 0 Å². The molecule has 0 atom stereocenters. The van der Waals surface area contributed by atoms with Crippen molar-refractivity contribution >= 4 is 72.3 Å². The fraction of sp³-hybridized carbons (Fsp3) is 0. The number of benzene rings is 3. The van der Waals surface area contributed by atoms with Gasteiger partial charge in [-0.25, -0.2) is 0 Å². The summed E-state index contributed by atoms with van der Waals surface area (Å²) in [5, 5.41) is 6.43. The van der Waals surface area contributed by atoms with Gasteiger partial charge in [0.1, 0.15) is 7.85 Å². The van der Waals surface area contributed by atoms with Gasteiger partial charge in [-0.2, -0.15) is 0 Å². The van der Waals surface area contributed by atoms with Crippen molar-refractivity contribution in [3.05, 3.63) is 73.5 Å². The second-order valence-electron chi connectivity index (χ2n) is 6.34. The standard InChI is InChI=1S/C20H10BBrO2/c21-9-1-3-11-13-7-14-12-4-2-10(22)6-16(12)20(24)18(14)8-17(13)19(23)15(11)5-9/h1-8H,21H2. The molecule has 112 valence electrons. The summed E-state index contributed by atoms with van der Waals surface area (Å²) in [4.78, 5) is 25.5. The monoisotopic (exact) mass is 372 g/mol. The Kier molecular flexibility index (Phi) is 2.64. The normalized spacial score (nSPS) is 12.0. The summed E-state index contributed by atoms with van der Waals surface area (Å²) in [5.41, 5.74) is 1.06. The average Bonchev–Trinajstić information content (AvgIpc) is 2.99. The van der Waals surface area contributed by atoms with Crippen LogP contribution in [0.3, 0.4) is 0 Å². The molecule has 0 unspecified atom stereocenters. The van der Waals surface area contributed by atoms with Crippen molar-refractivity contribution < 1.29 is 0 Å². The van der Waals surface area contributed by atoms with E-state index in [2.05, 4.69) is 15.9 Å². The lowest BCUT2D eigenvalue weighted by atomic mass is 9.94. The van der Waals surface area contributed by atoms with Crippen LogP contribution in [-0.2, 0) is 0 Å². The van der Waals surface area contributed by atoms with Gasteiger partial charge < -0.3 is 0 Å². The highest BCUT2D eigenvalue weighted by Crippen LogP contribution is 2.32. The minimum Gasteiger partial charge on any atom is -0.289 e. The molecule has 5 aromatic rings. The van der Waals surface area contributed by atoms with E-state index in [0.29, 0.717) is 16.2 Å². The molecule has 5 aromatic carbocycles. The van der Waals surface area contributed by atoms with Gasteiger partial charge in [0.05, 0.1) is 0 Å². The van der Waals surface area contributed by atoms with Crippen LogP contribution < -0.4 is 16.3 Å². The molecule has 0 heterocycles. The van der Waals surface area contributed by atoms with Crippen molar-refractivity contribution in [2.45, 2.75) is 0 Å². The molecule has 2 nitrogen and oxygen atoms in total. The molecule has 0 saturated heterocycles. The van der Waals surface area contributed by atoms with Gasteiger partial charge in [-0.3, -0.25) is 9.59 Å². The quantitative estimate of drug-likeness (QED) is 0.392. The molecule has 0 aliphatic carbocycles. The Bertz CT molecular complexity index is 1300. The predicted molar refractivity (Wildman–Crippen MR) is 107 cm³/mol. The minimum atomic E-state index is -0.0102. The van der Waals surface area contributed by atoms with E-state index in [4.69, 9.17) is 0 Å². The zero-order valence-electron chi connectivity index (χ0n) is 12.8. The highest BCUT2D eigenvalue weighted by Gasteiger charge is 2.16. The van der Waals surface area contributed by atoms with Gasteiger partial charge in [-0.15, -0.1) is 0 Å².